The first kappa shape index (κ1) is 9.47. The first-order valence-electron chi connectivity index (χ1n) is 4.69. The zero-order chi connectivity index (χ0) is 10.7. The van der Waals surface area contributed by atoms with Gasteiger partial charge in [0.05, 0.1) is 11.6 Å². The Morgan fingerprint density at radius 1 is 1.40 bits per heavy atom. The molecular formula is C12H9NO2. The molecule has 0 atom stereocenters. The molecule has 0 aliphatic rings. The van der Waals surface area contributed by atoms with Crippen LogP contribution in [0.1, 0.15) is 23.2 Å². The molecule has 0 aliphatic heterocycles. The fraction of sp³-hybridized carbons (Fsp3) is 0.167. The number of furan rings is 1. The van der Waals surface area contributed by atoms with Crippen molar-refractivity contribution in [1.82, 2.24) is 0 Å². The monoisotopic (exact) mass is 199 g/mol. The molecule has 0 bridgehead atoms. The van der Waals surface area contributed by atoms with E-state index in [1.807, 2.05) is 30.3 Å². The summed E-state index contributed by atoms with van der Waals surface area (Å²) >= 11 is 0. The molecule has 0 spiro atoms. The predicted molar refractivity (Wildman–Crippen MR) is 55.4 cm³/mol. The predicted octanol–water partition coefficient (Wildman–Crippen LogP) is 2.92. The van der Waals surface area contributed by atoms with Gasteiger partial charge in [0.1, 0.15) is 11.8 Å². The number of benzene rings is 1. The normalized spacial score (nSPS) is 10.1. The van der Waals surface area contributed by atoms with Crippen molar-refractivity contribution in [3.63, 3.8) is 0 Å². The van der Waals surface area contributed by atoms with Crippen molar-refractivity contribution in [3.05, 3.63) is 36.1 Å². The van der Waals surface area contributed by atoms with Crippen LogP contribution in [0.15, 0.2) is 34.9 Å². The third kappa shape index (κ3) is 1.75. The Labute approximate surface area is 86.9 Å². The Morgan fingerprint density at radius 2 is 2.20 bits per heavy atom. The summed E-state index contributed by atoms with van der Waals surface area (Å²) in [6.07, 6.45) is 1.96. The maximum Gasteiger partial charge on any atom is 0.167 e. The molecule has 0 radical (unpaired) electrons. The van der Waals surface area contributed by atoms with Crippen molar-refractivity contribution in [2.75, 3.05) is 0 Å². The summed E-state index contributed by atoms with van der Waals surface area (Å²) in [6, 6.07) is 9.34. The average Bonchev–Trinajstić information content (AvgIpc) is 2.69. The Kier molecular flexibility index (Phi) is 2.51. The number of para-hydroxylation sites is 1. The molecule has 0 saturated heterocycles. The minimum Gasteiger partial charge on any atom is -0.464 e. The van der Waals surface area contributed by atoms with Gasteiger partial charge in [0, 0.05) is 18.2 Å². The van der Waals surface area contributed by atoms with Gasteiger partial charge in [0.25, 0.3) is 0 Å². The highest BCUT2D eigenvalue weighted by molar-refractivity contribution is 6.07. The molecule has 0 aliphatic carbocycles. The van der Waals surface area contributed by atoms with E-state index in [0.29, 0.717) is 11.1 Å². The molecule has 0 saturated carbocycles. The summed E-state index contributed by atoms with van der Waals surface area (Å²) < 4.78 is 5.25. The summed E-state index contributed by atoms with van der Waals surface area (Å²) in [5.41, 5.74) is 1.28. The van der Waals surface area contributed by atoms with Crippen molar-refractivity contribution in [2.24, 2.45) is 0 Å². The highest BCUT2D eigenvalue weighted by atomic mass is 16.3. The molecule has 0 fully saturated rings. The van der Waals surface area contributed by atoms with Crippen LogP contribution in [0.4, 0.5) is 0 Å². The second-order valence-corrected chi connectivity index (χ2v) is 3.23. The first-order chi connectivity index (χ1) is 7.33. The quantitative estimate of drug-likeness (QED) is 0.714. The fourth-order valence-electron chi connectivity index (χ4n) is 1.50. The highest BCUT2D eigenvalue weighted by Gasteiger charge is 2.12. The molecule has 74 valence electrons. The van der Waals surface area contributed by atoms with Gasteiger partial charge in [-0.3, -0.25) is 4.79 Å². The van der Waals surface area contributed by atoms with Gasteiger partial charge in [-0.05, 0) is 6.07 Å². The lowest BCUT2D eigenvalue weighted by Crippen LogP contribution is -1.96. The SMILES string of the molecule is N#CCCC(=O)c1coc2ccccc12. The van der Waals surface area contributed by atoms with E-state index in [1.165, 1.54) is 6.26 Å². The number of nitriles is 1. The summed E-state index contributed by atoms with van der Waals surface area (Å²) in [5.74, 6) is -0.0403. The second kappa shape index (κ2) is 3.97. The standard InChI is InChI=1S/C12H9NO2/c13-7-3-5-11(14)10-8-15-12-6-2-1-4-9(10)12/h1-2,4,6,8H,3,5H2. The number of carbonyl (C=O) groups excluding carboxylic acids is 1. The van der Waals surface area contributed by atoms with Crippen LogP contribution in [0.5, 0.6) is 0 Å². The Morgan fingerprint density at radius 3 is 3.00 bits per heavy atom. The van der Waals surface area contributed by atoms with Crippen molar-refractivity contribution in [1.29, 1.82) is 5.26 Å². The lowest BCUT2D eigenvalue weighted by Gasteiger charge is -1.93. The Balaban J connectivity index is 2.36. The van der Waals surface area contributed by atoms with Crippen LogP contribution in [0.2, 0.25) is 0 Å². The van der Waals surface area contributed by atoms with Gasteiger partial charge < -0.3 is 4.42 Å². The first-order valence-corrected chi connectivity index (χ1v) is 4.69. The molecule has 0 unspecified atom stereocenters. The van der Waals surface area contributed by atoms with Gasteiger partial charge in [0.2, 0.25) is 0 Å². The number of carbonyl (C=O) groups is 1. The van der Waals surface area contributed by atoms with E-state index in [0.717, 1.165) is 5.39 Å². The van der Waals surface area contributed by atoms with Gasteiger partial charge >= 0.3 is 0 Å². The largest absolute Gasteiger partial charge is 0.464 e. The number of Topliss-reactive ketones (excluding diaryl/α,β-unsaturated/α-hetero) is 1. The summed E-state index contributed by atoms with van der Waals surface area (Å²) in [7, 11) is 0. The minimum absolute atomic E-state index is 0.0403. The van der Waals surface area contributed by atoms with Gasteiger partial charge in [-0.2, -0.15) is 5.26 Å². The lowest BCUT2D eigenvalue weighted by molar-refractivity contribution is 0.0985. The average molecular weight is 199 g/mol. The van der Waals surface area contributed by atoms with Crippen LogP contribution in [0, 0.1) is 11.3 Å². The molecule has 1 heterocycles. The van der Waals surface area contributed by atoms with Gasteiger partial charge in [0.15, 0.2) is 5.78 Å². The third-order valence-electron chi connectivity index (χ3n) is 2.25. The number of fused-ring (bicyclic) bond motifs is 1. The summed E-state index contributed by atoms with van der Waals surface area (Å²) in [5, 5.41) is 9.22. The molecule has 2 aromatic rings. The smallest absolute Gasteiger partial charge is 0.167 e. The molecular weight excluding hydrogens is 190 g/mol. The van der Waals surface area contributed by atoms with E-state index in [2.05, 4.69) is 0 Å². The van der Waals surface area contributed by atoms with E-state index >= 15 is 0 Å². The van der Waals surface area contributed by atoms with E-state index in [9.17, 15) is 4.79 Å². The van der Waals surface area contributed by atoms with Crippen LogP contribution >= 0.6 is 0 Å². The van der Waals surface area contributed by atoms with Crippen LogP contribution in [-0.2, 0) is 0 Å². The Hall–Kier alpha value is -2.08. The molecule has 1 aromatic heterocycles. The van der Waals surface area contributed by atoms with Gasteiger partial charge in [-0.15, -0.1) is 0 Å². The fourth-order valence-corrected chi connectivity index (χ4v) is 1.50. The third-order valence-corrected chi connectivity index (χ3v) is 2.25. The van der Waals surface area contributed by atoms with Crippen molar-refractivity contribution >= 4 is 16.8 Å². The van der Waals surface area contributed by atoms with Crippen LogP contribution in [0.3, 0.4) is 0 Å². The number of hydrogen-bond acceptors (Lipinski definition) is 3. The van der Waals surface area contributed by atoms with Crippen LogP contribution < -0.4 is 0 Å². The molecule has 3 heteroatoms. The second-order valence-electron chi connectivity index (χ2n) is 3.23. The van der Waals surface area contributed by atoms with Crippen LogP contribution in [-0.4, -0.2) is 5.78 Å². The van der Waals surface area contributed by atoms with E-state index < -0.39 is 0 Å². The van der Waals surface area contributed by atoms with E-state index in [-0.39, 0.29) is 18.6 Å². The maximum atomic E-state index is 11.7. The summed E-state index contributed by atoms with van der Waals surface area (Å²) in [6.45, 7) is 0. The molecule has 3 nitrogen and oxygen atoms in total. The molecule has 1 aromatic carbocycles. The van der Waals surface area contributed by atoms with Crippen molar-refractivity contribution in [3.8, 4) is 6.07 Å². The molecule has 0 amide bonds. The lowest BCUT2D eigenvalue weighted by atomic mass is 10.1. The Bertz CT molecular complexity index is 534. The maximum absolute atomic E-state index is 11.7. The number of ketones is 1. The van der Waals surface area contributed by atoms with Crippen LogP contribution in [0.25, 0.3) is 11.0 Å². The number of nitrogens with zero attached hydrogens (tertiary/aromatic N) is 1. The van der Waals surface area contributed by atoms with E-state index in [4.69, 9.17) is 9.68 Å². The van der Waals surface area contributed by atoms with Gasteiger partial charge in [-0.1, -0.05) is 18.2 Å². The van der Waals surface area contributed by atoms with Crippen molar-refractivity contribution in [2.45, 2.75) is 12.8 Å². The van der Waals surface area contributed by atoms with Crippen molar-refractivity contribution < 1.29 is 9.21 Å². The summed E-state index contributed by atoms with van der Waals surface area (Å²) in [4.78, 5) is 11.7. The minimum atomic E-state index is -0.0403. The zero-order valence-corrected chi connectivity index (χ0v) is 8.06. The van der Waals surface area contributed by atoms with E-state index in [1.54, 1.807) is 0 Å². The van der Waals surface area contributed by atoms with Gasteiger partial charge in [-0.25, -0.2) is 0 Å². The highest BCUT2D eigenvalue weighted by Crippen LogP contribution is 2.22. The molecule has 0 N–H and O–H groups in total. The molecule has 2 rings (SSSR count). The number of hydrogen-bond donors (Lipinski definition) is 0. The number of rotatable bonds is 3. The topological polar surface area (TPSA) is 54.0 Å². The molecule has 15 heavy (non-hydrogen) atoms. The zero-order valence-electron chi connectivity index (χ0n) is 8.06.